The minimum absolute atomic E-state index is 0.0384. The van der Waals surface area contributed by atoms with Gasteiger partial charge in [-0.25, -0.2) is 4.98 Å². The van der Waals surface area contributed by atoms with Gasteiger partial charge in [-0.3, -0.25) is 9.59 Å². The lowest BCUT2D eigenvalue weighted by Crippen LogP contribution is -2.66. The van der Waals surface area contributed by atoms with Gasteiger partial charge in [0.2, 0.25) is 5.91 Å². The van der Waals surface area contributed by atoms with Crippen LogP contribution in [0.2, 0.25) is 0 Å². The zero-order chi connectivity index (χ0) is 18.6. The van der Waals surface area contributed by atoms with Crippen LogP contribution in [-0.2, 0) is 4.79 Å². The van der Waals surface area contributed by atoms with Gasteiger partial charge in [0.25, 0.3) is 5.91 Å². The highest BCUT2D eigenvalue weighted by Crippen LogP contribution is 2.52. The van der Waals surface area contributed by atoms with Gasteiger partial charge in [0.05, 0.1) is 11.3 Å². The molecule has 1 spiro atoms. The number of anilines is 1. The molecule has 7 heteroatoms. The fourth-order valence-electron chi connectivity index (χ4n) is 4.89. The molecule has 3 fully saturated rings. The maximum atomic E-state index is 12.8. The Labute approximate surface area is 161 Å². The zero-order valence-corrected chi connectivity index (χ0v) is 15.8. The van der Waals surface area contributed by atoms with Crippen LogP contribution >= 0.6 is 11.3 Å². The summed E-state index contributed by atoms with van der Waals surface area (Å²) in [6.07, 6.45) is 3.35. The van der Waals surface area contributed by atoms with Crippen molar-refractivity contribution in [2.45, 2.75) is 38.3 Å². The van der Waals surface area contributed by atoms with Gasteiger partial charge in [-0.1, -0.05) is 12.1 Å². The average molecular weight is 383 g/mol. The Morgan fingerprint density at radius 2 is 2.22 bits per heavy atom. The number of nitrogens with one attached hydrogen (secondary N) is 2. The molecular weight excluding hydrogens is 362 g/mol. The number of benzene rings is 1. The van der Waals surface area contributed by atoms with Crippen molar-refractivity contribution in [1.82, 2.24) is 10.3 Å². The van der Waals surface area contributed by atoms with Crippen molar-refractivity contribution in [2.75, 3.05) is 5.32 Å². The number of aryl methyl sites for hydroxylation is 1. The van der Waals surface area contributed by atoms with Crippen LogP contribution in [0.4, 0.5) is 5.13 Å². The summed E-state index contributed by atoms with van der Waals surface area (Å²) < 4.78 is 6.34. The van der Waals surface area contributed by atoms with E-state index in [4.69, 9.17) is 4.74 Å². The van der Waals surface area contributed by atoms with Crippen molar-refractivity contribution in [3.8, 4) is 5.75 Å². The molecular formula is C20H21N3O3S. The predicted octanol–water partition coefficient (Wildman–Crippen LogP) is 3.34. The van der Waals surface area contributed by atoms with Crippen LogP contribution in [0.25, 0.3) is 0 Å². The summed E-state index contributed by atoms with van der Waals surface area (Å²) in [6, 6.07) is 7.37. The van der Waals surface area contributed by atoms with E-state index in [-0.39, 0.29) is 29.6 Å². The number of carbonyl (C=O) groups is 2. The third-order valence-corrected chi connectivity index (χ3v) is 7.03. The number of thiazole rings is 1. The maximum absolute atomic E-state index is 12.8. The van der Waals surface area contributed by atoms with Crippen LogP contribution < -0.4 is 15.4 Å². The van der Waals surface area contributed by atoms with E-state index in [9.17, 15) is 9.59 Å². The largest absolute Gasteiger partial charge is 0.467 e. The lowest BCUT2D eigenvalue weighted by Gasteiger charge is -2.55. The van der Waals surface area contributed by atoms with E-state index in [0.29, 0.717) is 22.9 Å². The van der Waals surface area contributed by atoms with Crippen molar-refractivity contribution in [1.29, 1.82) is 0 Å². The highest BCUT2D eigenvalue weighted by Gasteiger charge is 2.57. The highest BCUT2D eigenvalue weighted by molar-refractivity contribution is 7.13. The van der Waals surface area contributed by atoms with Gasteiger partial charge in [-0.2, -0.15) is 0 Å². The summed E-state index contributed by atoms with van der Waals surface area (Å²) in [7, 11) is 0. The van der Waals surface area contributed by atoms with E-state index >= 15 is 0 Å². The Balaban J connectivity index is 1.36. The van der Waals surface area contributed by atoms with Crippen LogP contribution in [0.3, 0.4) is 0 Å². The van der Waals surface area contributed by atoms with E-state index in [1.165, 1.54) is 11.3 Å². The fraction of sp³-hybridized carbons (Fsp3) is 0.450. The standard InChI is InChI=1S/C20H21N3O3S/c1-11-10-27-19(21-11)22-17(24)15-8-13-7-6-12(15)9-20(13)23-18(25)14-4-2-3-5-16(14)26-20/h2-5,10,12-13,15H,6-9H2,1H3,(H,23,25)(H,21,22,24)/t12-,13+,15+,20+/m0/s1. The first-order valence-electron chi connectivity index (χ1n) is 9.38. The number of amides is 2. The molecule has 0 radical (unpaired) electrons. The molecule has 2 aromatic rings. The molecule has 6 nitrogen and oxygen atoms in total. The first-order chi connectivity index (χ1) is 13.0. The van der Waals surface area contributed by atoms with Crippen molar-refractivity contribution in [3.63, 3.8) is 0 Å². The summed E-state index contributed by atoms with van der Waals surface area (Å²) in [6.45, 7) is 1.92. The zero-order valence-electron chi connectivity index (χ0n) is 15.0. The second-order valence-corrected chi connectivity index (χ2v) is 8.66. The van der Waals surface area contributed by atoms with Gasteiger partial charge in [0.1, 0.15) is 5.75 Å². The minimum Gasteiger partial charge on any atom is -0.467 e. The number of rotatable bonds is 2. The number of aromatic nitrogens is 1. The summed E-state index contributed by atoms with van der Waals surface area (Å²) >= 11 is 1.45. The Bertz CT molecular complexity index is 927. The number of fused-ring (bicyclic) bond motifs is 3. The number of nitrogens with zero attached hydrogens (tertiary/aromatic N) is 1. The van der Waals surface area contributed by atoms with Crippen LogP contribution in [0.5, 0.6) is 5.75 Å². The van der Waals surface area contributed by atoms with Gasteiger partial charge in [-0.05, 0) is 44.2 Å². The molecule has 4 aliphatic rings. The smallest absolute Gasteiger partial charge is 0.258 e. The number of para-hydroxylation sites is 1. The van der Waals surface area contributed by atoms with E-state index in [0.717, 1.165) is 25.0 Å². The number of ether oxygens (including phenoxy) is 1. The van der Waals surface area contributed by atoms with E-state index in [1.54, 1.807) is 6.07 Å². The topological polar surface area (TPSA) is 80.3 Å². The van der Waals surface area contributed by atoms with E-state index in [2.05, 4.69) is 15.6 Å². The molecule has 3 aliphatic carbocycles. The van der Waals surface area contributed by atoms with Crippen molar-refractivity contribution < 1.29 is 14.3 Å². The predicted molar refractivity (Wildman–Crippen MR) is 102 cm³/mol. The summed E-state index contributed by atoms with van der Waals surface area (Å²) in [5.41, 5.74) is 0.817. The van der Waals surface area contributed by atoms with Crippen molar-refractivity contribution in [3.05, 3.63) is 40.9 Å². The molecule has 1 aromatic carbocycles. The van der Waals surface area contributed by atoms with Gasteiger partial charge in [-0.15, -0.1) is 11.3 Å². The summed E-state index contributed by atoms with van der Waals surface area (Å²) in [4.78, 5) is 29.8. The van der Waals surface area contributed by atoms with Gasteiger partial charge in [0, 0.05) is 23.6 Å². The third-order valence-electron chi connectivity index (χ3n) is 6.15. The van der Waals surface area contributed by atoms with Gasteiger partial charge in [0.15, 0.2) is 10.9 Å². The molecule has 6 rings (SSSR count). The van der Waals surface area contributed by atoms with E-state index in [1.807, 2.05) is 30.5 Å². The van der Waals surface area contributed by atoms with E-state index < -0.39 is 5.72 Å². The molecule has 0 saturated heterocycles. The quantitative estimate of drug-likeness (QED) is 0.833. The number of carbonyl (C=O) groups excluding carboxylic acids is 2. The molecule has 0 unspecified atom stereocenters. The van der Waals surface area contributed by atoms with Crippen LogP contribution in [0.1, 0.15) is 41.7 Å². The van der Waals surface area contributed by atoms with Crippen molar-refractivity contribution >= 4 is 28.3 Å². The first-order valence-corrected chi connectivity index (χ1v) is 10.3. The maximum Gasteiger partial charge on any atom is 0.258 e. The Kier molecular flexibility index (Phi) is 3.75. The monoisotopic (exact) mass is 383 g/mol. The molecule has 1 aliphatic heterocycles. The summed E-state index contributed by atoms with van der Waals surface area (Å²) in [5.74, 6) is 0.875. The number of hydrogen-bond donors (Lipinski definition) is 2. The second-order valence-electron chi connectivity index (χ2n) is 7.81. The molecule has 4 atom stereocenters. The van der Waals surface area contributed by atoms with Crippen molar-refractivity contribution in [2.24, 2.45) is 17.8 Å². The minimum atomic E-state index is -0.678. The molecule has 27 heavy (non-hydrogen) atoms. The second kappa shape index (κ2) is 6.05. The fourth-order valence-corrected chi connectivity index (χ4v) is 5.58. The average Bonchev–Trinajstić information content (AvgIpc) is 3.06. The Hall–Kier alpha value is -2.41. The molecule has 2 N–H and O–H groups in total. The normalized spacial score (nSPS) is 31.1. The van der Waals surface area contributed by atoms with Crippen LogP contribution in [0.15, 0.2) is 29.6 Å². The van der Waals surface area contributed by atoms with Gasteiger partial charge >= 0.3 is 0 Å². The van der Waals surface area contributed by atoms with Crippen LogP contribution in [0, 0.1) is 24.7 Å². The Morgan fingerprint density at radius 1 is 1.37 bits per heavy atom. The lowest BCUT2D eigenvalue weighted by molar-refractivity contribution is -0.142. The molecule has 1 aromatic heterocycles. The van der Waals surface area contributed by atoms with Crippen LogP contribution in [-0.4, -0.2) is 22.5 Å². The Morgan fingerprint density at radius 3 is 2.96 bits per heavy atom. The number of hydrogen-bond acceptors (Lipinski definition) is 5. The summed E-state index contributed by atoms with van der Waals surface area (Å²) in [5, 5.41) is 8.69. The molecule has 2 amide bonds. The molecule has 2 bridgehead atoms. The first kappa shape index (κ1) is 16.7. The molecule has 140 valence electrons. The SMILES string of the molecule is Cc1csc(NC(=O)[C@@H]2C[C@H]3CC[C@H]2C[C@]32NC(=O)c3ccccc3O2)n1. The molecule has 3 saturated carbocycles. The highest BCUT2D eigenvalue weighted by atomic mass is 32.1. The lowest BCUT2D eigenvalue weighted by atomic mass is 9.60. The molecule has 2 heterocycles. The van der Waals surface area contributed by atoms with Gasteiger partial charge < -0.3 is 15.4 Å². The third kappa shape index (κ3) is 2.72.